The minimum Gasteiger partial charge on any atom is -0.497 e. The molecule has 0 aliphatic rings. The first-order valence-electron chi connectivity index (χ1n) is 10.9. The molecule has 10 heteroatoms. The lowest BCUT2D eigenvalue weighted by molar-refractivity contribution is -0.137. The number of methoxy groups -OCH3 is 3. The second-order valence-corrected chi connectivity index (χ2v) is 8.83. The standard InChI is InChI=1S/C26H24F3N3O3S/c1-33-19-9-7-16(8-10-19)15-36-25-31-21-13-23(35-3)22(34-2)12-20(21)24(30)32(25)14-17-5-4-6-18(11-17)26(27,28)29/h4-13,30H,14-15H2,1-3H3. The maximum Gasteiger partial charge on any atom is 0.416 e. The fourth-order valence-electron chi connectivity index (χ4n) is 3.71. The fraction of sp³-hybridized carbons (Fsp3) is 0.231. The Morgan fingerprint density at radius 3 is 2.22 bits per heavy atom. The van der Waals surface area contributed by atoms with Crippen molar-refractivity contribution in [1.82, 2.24) is 9.55 Å². The third-order valence-corrected chi connectivity index (χ3v) is 6.64. The lowest BCUT2D eigenvalue weighted by Gasteiger charge is -2.17. The summed E-state index contributed by atoms with van der Waals surface area (Å²) in [4.78, 5) is 4.76. The van der Waals surface area contributed by atoms with Gasteiger partial charge in [-0.2, -0.15) is 13.2 Å². The van der Waals surface area contributed by atoms with Gasteiger partial charge in [0.15, 0.2) is 16.7 Å². The highest BCUT2D eigenvalue weighted by molar-refractivity contribution is 7.98. The Kier molecular flexibility index (Phi) is 7.44. The monoisotopic (exact) mass is 515 g/mol. The average molecular weight is 516 g/mol. The van der Waals surface area contributed by atoms with Crippen LogP contribution in [-0.4, -0.2) is 30.9 Å². The lowest BCUT2D eigenvalue weighted by atomic mass is 10.1. The molecule has 4 rings (SSSR count). The van der Waals surface area contributed by atoms with Gasteiger partial charge in [-0.05, 0) is 41.5 Å². The van der Waals surface area contributed by atoms with Crippen molar-refractivity contribution >= 4 is 22.7 Å². The molecular formula is C26H24F3N3O3S. The summed E-state index contributed by atoms with van der Waals surface area (Å²) in [6.07, 6.45) is -4.46. The molecule has 1 aromatic heterocycles. The van der Waals surface area contributed by atoms with Crippen LogP contribution in [0.1, 0.15) is 16.7 Å². The molecule has 0 atom stereocenters. The molecule has 188 valence electrons. The second-order valence-electron chi connectivity index (χ2n) is 7.89. The number of benzene rings is 3. The van der Waals surface area contributed by atoms with Crippen LogP contribution in [0.15, 0.2) is 65.8 Å². The predicted molar refractivity (Wildman–Crippen MR) is 132 cm³/mol. The van der Waals surface area contributed by atoms with Gasteiger partial charge in [0.25, 0.3) is 0 Å². The Bertz CT molecular complexity index is 1440. The summed E-state index contributed by atoms with van der Waals surface area (Å²) in [5.41, 5.74) is 1.31. The van der Waals surface area contributed by atoms with Crippen molar-refractivity contribution in [3.05, 3.63) is 82.8 Å². The average Bonchev–Trinajstić information content (AvgIpc) is 2.88. The van der Waals surface area contributed by atoms with Crippen molar-refractivity contribution in [3.8, 4) is 17.2 Å². The SMILES string of the molecule is COc1ccc(CSc2nc3cc(OC)c(OC)cc3c(=N)n2Cc2cccc(C(F)(F)F)c2)cc1. The maximum atomic E-state index is 13.3. The summed E-state index contributed by atoms with van der Waals surface area (Å²) in [6.45, 7) is 0.0466. The van der Waals surface area contributed by atoms with Gasteiger partial charge >= 0.3 is 6.18 Å². The van der Waals surface area contributed by atoms with Crippen molar-refractivity contribution in [2.24, 2.45) is 0 Å². The summed E-state index contributed by atoms with van der Waals surface area (Å²) in [6, 6.07) is 16.0. The van der Waals surface area contributed by atoms with E-state index in [0.717, 1.165) is 23.4 Å². The van der Waals surface area contributed by atoms with Crippen LogP contribution >= 0.6 is 11.8 Å². The minimum absolute atomic E-state index is 0.0466. The van der Waals surface area contributed by atoms with E-state index in [9.17, 15) is 13.2 Å². The molecule has 4 aromatic rings. The Morgan fingerprint density at radius 2 is 1.58 bits per heavy atom. The first kappa shape index (κ1) is 25.4. The van der Waals surface area contributed by atoms with Gasteiger partial charge in [0.05, 0.1) is 39.0 Å². The number of hydrogen-bond acceptors (Lipinski definition) is 6. The number of hydrogen-bond donors (Lipinski definition) is 1. The molecule has 0 unspecified atom stereocenters. The highest BCUT2D eigenvalue weighted by Crippen LogP contribution is 2.33. The van der Waals surface area contributed by atoms with Crippen molar-refractivity contribution in [3.63, 3.8) is 0 Å². The molecule has 1 heterocycles. The van der Waals surface area contributed by atoms with Gasteiger partial charge in [0.1, 0.15) is 11.2 Å². The van der Waals surface area contributed by atoms with E-state index in [4.69, 9.17) is 24.6 Å². The molecule has 0 aliphatic heterocycles. The summed E-state index contributed by atoms with van der Waals surface area (Å²) >= 11 is 1.39. The van der Waals surface area contributed by atoms with E-state index in [-0.39, 0.29) is 12.0 Å². The van der Waals surface area contributed by atoms with Crippen LogP contribution in [0.4, 0.5) is 13.2 Å². The number of nitrogens with one attached hydrogen (secondary N) is 1. The molecule has 36 heavy (non-hydrogen) atoms. The molecule has 0 aliphatic carbocycles. The normalized spacial score (nSPS) is 11.5. The van der Waals surface area contributed by atoms with Crippen molar-refractivity contribution in [2.75, 3.05) is 21.3 Å². The van der Waals surface area contributed by atoms with Gasteiger partial charge in [-0.25, -0.2) is 4.98 Å². The van der Waals surface area contributed by atoms with Crippen LogP contribution in [-0.2, 0) is 18.5 Å². The summed E-state index contributed by atoms with van der Waals surface area (Å²) in [5.74, 6) is 2.18. The topological polar surface area (TPSA) is 69.4 Å². The Hall–Kier alpha value is -3.66. The van der Waals surface area contributed by atoms with Gasteiger partial charge in [0.2, 0.25) is 0 Å². The molecule has 0 radical (unpaired) electrons. The number of ether oxygens (including phenoxy) is 3. The number of fused-ring (bicyclic) bond motifs is 1. The molecule has 0 amide bonds. The zero-order chi connectivity index (χ0) is 25.9. The van der Waals surface area contributed by atoms with Crippen LogP contribution in [0.2, 0.25) is 0 Å². The first-order chi connectivity index (χ1) is 17.2. The third-order valence-electron chi connectivity index (χ3n) is 5.60. The summed E-state index contributed by atoms with van der Waals surface area (Å²) in [7, 11) is 4.61. The van der Waals surface area contributed by atoms with Crippen molar-refractivity contribution in [1.29, 1.82) is 5.41 Å². The number of alkyl halides is 3. The zero-order valence-electron chi connectivity index (χ0n) is 19.8. The smallest absolute Gasteiger partial charge is 0.416 e. The Morgan fingerprint density at radius 1 is 0.889 bits per heavy atom. The van der Waals surface area contributed by atoms with Gasteiger partial charge < -0.3 is 18.8 Å². The summed E-state index contributed by atoms with van der Waals surface area (Å²) in [5, 5.41) is 9.90. The number of thioether (sulfide) groups is 1. The second kappa shape index (κ2) is 10.5. The van der Waals surface area contributed by atoms with Gasteiger partial charge in [0, 0.05) is 17.2 Å². The molecule has 0 fully saturated rings. The first-order valence-corrected chi connectivity index (χ1v) is 11.8. The molecule has 3 aromatic carbocycles. The van der Waals surface area contributed by atoms with Crippen LogP contribution < -0.4 is 19.7 Å². The van der Waals surface area contributed by atoms with Gasteiger partial charge in [-0.1, -0.05) is 36.0 Å². The van der Waals surface area contributed by atoms with E-state index in [0.29, 0.717) is 38.9 Å². The lowest BCUT2D eigenvalue weighted by Crippen LogP contribution is -2.24. The molecule has 0 saturated heterocycles. The van der Waals surface area contributed by atoms with Gasteiger partial charge in [-0.15, -0.1) is 0 Å². The van der Waals surface area contributed by atoms with E-state index >= 15 is 0 Å². The molecule has 0 spiro atoms. The minimum atomic E-state index is -4.46. The van der Waals surface area contributed by atoms with E-state index in [2.05, 4.69) is 0 Å². The maximum absolute atomic E-state index is 13.3. The van der Waals surface area contributed by atoms with Crippen molar-refractivity contribution in [2.45, 2.75) is 23.6 Å². The van der Waals surface area contributed by atoms with Crippen molar-refractivity contribution < 1.29 is 27.4 Å². The summed E-state index contributed by atoms with van der Waals surface area (Å²) < 4.78 is 57.5. The fourth-order valence-corrected chi connectivity index (χ4v) is 4.67. The number of halogens is 3. The largest absolute Gasteiger partial charge is 0.497 e. The molecule has 6 nitrogen and oxygen atoms in total. The highest BCUT2D eigenvalue weighted by Gasteiger charge is 2.30. The van der Waals surface area contributed by atoms with E-state index in [1.165, 1.54) is 32.0 Å². The van der Waals surface area contributed by atoms with E-state index in [1.54, 1.807) is 29.9 Å². The van der Waals surface area contributed by atoms with Gasteiger partial charge in [-0.3, -0.25) is 5.41 Å². The Balaban J connectivity index is 1.80. The quantitative estimate of drug-likeness (QED) is 0.234. The molecule has 0 bridgehead atoms. The molecular weight excluding hydrogens is 491 g/mol. The van der Waals surface area contributed by atoms with E-state index in [1.807, 2.05) is 24.3 Å². The van der Waals surface area contributed by atoms with Crippen LogP contribution in [0.3, 0.4) is 0 Å². The Labute approximate surface area is 210 Å². The van der Waals surface area contributed by atoms with Crippen LogP contribution in [0.25, 0.3) is 10.9 Å². The molecule has 1 N–H and O–H groups in total. The number of rotatable bonds is 8. The number of aromatic nitrogens is 2. The van der Waals surface area contributed by atoms with E-state index < -0.39 is 11.7 Å². The number of nitrogens with zero attached hydrogens (tertiary/aromatic N) is 2. The highest BCUT2D eigenvalue weighted by atomic mass is 32.2. The molecule has 0 saturated carbocycles. The third kappa shape index (κ3) is 5.43. The zero-order valence-corrected chi connectivity index (χ0v) is 20.7. The predicted octanol–water partition coefficient (Wildman–Crippen LogP) is 5.90. The van der Waals surface area contributed by atoms with Crippen LogP contribution in [0, 0.1) is 5.41 Å². The van der Waals surface area contributed by atoms with Crippen LogP contribution in [0.5, 0.6) is 17.2 Å².